The second-order valence-corrected chi connectivity index (χ2v) is 9.68. The van der Waals surface area contributed by atoms with Crippen molar-refractivity contribution in [1.82, 2.24) is 15.1 Å². The second-order valence-electron chi connectivity index (χ2n) is 9.24. The minimum Gasteiger partial charge on any atom is -0.379 e. The van der Waals surface area contributed by atoms with E-state index in [0.29, 0.717) is 31.3 Å². The summed E-state index contributed by atoms with van der Waals surface area (Å²) < 4.78 is 44.9. The molecule has 1 aromatic rings. The van der Waals surface area contributed by atoms with E-state index in [0.717, 1.165) is 56.3 Å². The Bertz CT molecular complexity index is 1000. The van der Waals surface area contributed by atoms with Gasteiger partial charge in [-0.3, -0.25) is 9.69 Å². The van der Waals surface area contributed by atoms with Crippen LogP contribution in [-0.4, -0.2) is 102 Å². The van der Waals surface area contributed by atoms with Gasteiger partial charge >= 0.3 is 12.2 Å². The maximum absolute atomic E-state index is 13.7. The number of fused-ring (bicyclic) bond motifs is 1. The van der Waals surface area contributed by atoms with Gasteiger partial charge in [0.15, 0.2) is 12.1 Å². The van der Waals surface area contributed by atoms with Crippen LogP contribution in [0.2, 0.25) is 0 Å². The number of amides is 3. The first-order valence-corrected chi connectivity index (χ1v) is 11.9. The van der Waals surface area contributed by atoms with Crippen molar-refractivity contribution in [3.63, 3.8) is 0 Å². The van der Waals surface area contributed by atoms with E-state index in [2.05, 4.69) is 10.2 Å². The first-order chi connectivity index (χ1) is 16.2. The molecule has 3 amide bonds. The minimum absolute atomic E-state index is 0.0479. The molecule has 0 radical (unpaired) electrons. The predicted octanol–water partition coefficient (Wildman–Crippen LogP) is 1.65. The zero-order valence-corrected chi connectivity index (χ0v) is 19.4. The van der Waals surface area contributed by atoms with Gasteiger partial charge in [-0.1, -0.05) is 18.3 Å². The average molecular weight is 499 g/mol. The smallest absolute Gasteiger partial charge is 0.379 e. The van der Waals surface area contributed by atoms with E-state index in [1.54, 1.807) is 0 Å². The number of piperazine rings is 1. The van der Waals surface area contributed by atoms with Crippen LogP contribution in [0.15, 0.2) is 24.3 Å². The zero-order chi connectivity index (χ0) is 24.1. The number of thiocarbonyl (C=S) groups is 1. The largest absolute Gasteiger partial charge is 0.433 e. The highest BCUT2D eigenvalue weighted by Crippen LogP contribution is 2.44. The molecule has 12 heteroatoms. The second kappa shape index (κ2) is 8.83. The molecular formula is C22H27F3N5O3S+. The van der Waals surface area contributed by atoms with Gasteiger partial charge in [-0.25, -0.2) is 14.2 Å². The molecule has 184 valence electrons. The molecule has 1 spiro atoms. The molecule has 4 unspecified atom stereocenters. The number of nitrogens with one attached hydrogen (secondary N) is 1. The Labute approximate surface area is 200 Å². The van der Waals surface area contributed by atoms with E-state index >= 15 is 0 Å². The normalized spacial score (nSPS) is 31.3. The highest BCUT2D eigenvalue weighted by molar-refractivity contribution is 7.80. The molecule has 1 N–H and O–H groups in total. The molecule has 34 heavy (non-hydrogen) atoms. The minimum atomic E-state index is -4.57. The lowest BCUT2D eigenvalue weighted by molar-refractivity contribution is -0.851. The van der Waals surface area contributed by atoms with Crippen LogP contribution in [0.5, 0.6) is 0 Å². The molecular weight excluding hydrogens is 471 g/mol. The Balaban J connectivity index is 1.30. The molecule has 4 saturated heterocycles. The van der Waals surface area contributed by atoms with Crippen LogP contribution in [0.4, 0.5) is 23.7 Å². The van der Waals surface area contributed by atoms with Gasteiger partial charge in [0.2, 0.25) is 0 Å². The topological polar surface area (TPSA) is 65.1 Å². The van der Waals surface area contributed by atoms with Gasteiger partial charge in [0.25, 0.3) is 5.91 Å². The molecule has 0 aliphatic carbocycles. The highest BCUT2D eigenvalue weighted by atomic mass is 32.1. The lowest BCUT2D eigenvalue weighted by Gasteiger charge is -2.34. The summed E-state index contributed by atoms with van der Waals surface area (Å²) >= 11 is 5.67. The number of morpholine rings is 1. The number of ether oxygens (including phenoxy) is 1. The molecule has 0 saturated carbocycles. The number of carbonyl (C=O) groups excluding carboxylic acids is 2. The number of quaternary nitrogens is 1. The Kier molecular flexibility index (Phi) is 6.13. The van der Waals surface area contributed by atoms with Crippen LogP contribution < -0.4 is 10.2 Å². The summed E-state index contributed by atoms with van der Waals surface area (Å²) in [5.41, 5.74) is -0.942. The lowest BCUT2D eigenvalue weighted by Crippen LogP contribution is -2.64. The van der Waals surface area contributed by atoms with E-state index < -0.39 is 35.8 Å². The number of hydrogen-bond acceptors (Lipinski definition) is 6. The zero-order valence-electron chi connectivity index (χ0n) is 18.6. The lowest BCUT2D eigenvalue weighted by atomic mass is 10.1. The van der Waals surface area contributed by atoms with Gasteiger partial charge in [-0.15, -0.1) is 0 Å². The molecule has 4 aliphatic rings. The number of hydrogen-bond donors (Lipinski definition) is 1. The Morgan fingerprint density at radius 1 is 1.21 bits per heavy atom. The van der Waals surface area contributed by atoms with Gasteiger partial charge in [-0.2, -0.15) is 18.1 Å². The summed E-state index contributed by atoms with van der Waals surface area (Å²) in [6.45, 7) is 6.14. The summed E-state index contributed by atoms with van der Waals surface area (Å²) in [6, 6.07) is 2.82. The average Bonchev–Trinajstić information content (AvgIpc) is 3.45. The molecule has 1 aromatic carbocycles. The van der Waals surface area contributed by atoms with E-state index in [-0.39, 0.29) is 10.2 Å². The predicted molar refractivity (Wildman–Crippen MR) is 121 cm³/mol. The van der Waals surface area contributed by atoms with Crippen molar-refractivity contribution in [1.29, 1.82) is 0 Å². The van der Waals surface area contributed by atoms with Crippen molar-refractivity contribution in [3.8, 4) is 0 Å². The van der Waals surface area contributed by atoms with Crippen LogP contribution in [0.3, 0.4) is 0 Å². The number of imide groups is 1. The van der Waals surface area contributed by atoms with Crippen LogP contribution in [0.1, 0.15) is 12.0 Å². The van der Waals surface area contributed by atoms with Crippen molar-refractivity contribution >= 4 is 34.8 Å². The van der Waals surface area contributed by atoms with Crippen molar-refractivity contribution in [2.75, 3.05) is 64.1 Å². The van der Waals surface area contributed by atoms with Crippen molar-refractivity contribution in [2.24, 2.45) is 0 Å². The Hall–Kier alpha value is -2.12. The van der Waals surface area contributed by atoms with Gasteiger partial charge in [0.1, 0.15) is 11.7 Å². The Morgan fingerprint density at radius 2 is 1.97 bits per heavy atom. The first-order valence-electron chi connectivity index (χ1n) is 11.4. The van der Waals surface area contributed by atoms with E-state index in [1.165, 1.54) is 12.1 Å². The third kappa shape index (κ3) is 3.91. The fourth-order valence-corrected chi connectivity index (χ4v) is 5.92. The van der Waals surface area contributed by atoms with E-state index in [1.807, 2.05) is 4.90 Å². The van der Waals surface area contributed by atoms with Crippen molar-refractivity contribution < 1.29 is 32.0 Å². The Morgan fingerprint density at radius 3 is 2.71 bits per heavy atom. The third-order valence-electron chi connectivity index (χ3n) is 7.25. The number of nitrogens with zero attached hydrogens (tertiary/aromatic N) is 4. The number of benzene rings is 1. The van der Waals surface area contributed by atoms with Gasteiger partial charge in [-0.05, 0) is 31.2 Å². The molecule has 0 aromatic heterocycles. The summed E-state index contributed by atoms with van der Waals surface area (Å²) in [5, 5.41) is 3.28. The third-order valence-corrected chi connectivity index (χ3v) is 7.67. The molecule has 4 aliphatic heterocycles. The highest BCUT2D eigenvalue weighted by Gasteiger charge is 2.72. The number of halogens is 3. The SMILES string of the molecule is O=C1C2CN3CC(C(=S)NCCCN4CCOCC4)[N+]2(C3)C(=O)N1c1cccc(C(F)(F)F)c1. The summed E-state index contributed by atoms with van der Waals surface area (Å²) in [7, 11) is 0. The molecule has 4 heterocycles. The summed E-state index contributed by atoms with van der Waals surface area (Å²) in [6.07, 6.45) is -3.69. The van der Waals surface area contributed by atoms with Crippen molar-refractivity contribution in [2.45, 2.75) is 24.7 Å². The number of alkyl halides is 3. The van der Waals surface area contributed by atoms with Gasteiger partial charge in [0.05, 0.1) is 37.6 Å². The van der Waals surface area contributed by atoms with Crippen LogP contribution in [0, 0.1) is 0 Å². The van der Waals surface area contributed by atoms with Crippen molar-refractivity contribution in [3.05, 3.63) is 29.8 Å². The molecule has 5 rings (SSSR count). The molecule has 2 bridgehead atoms. The molecule has 8 nitrogen and oxygen atoms in total. The van der Waals surface area contributed by atoms with Crippen LogP contribution in [-0.2, 0) is 15.7 Å². The fourth-order valence-electron chi connectivity index (χ4n) is 5.56. The monoisotopic (exact) mass is 498 g/mol. The molecule has 4 atom stereocenters. The van der Waals surface area contributed by atoms with E-state index in [9.17, 15) is 22.8 Å². The number of carbonyl (C=O) groups is 2. The molecule has 4 fully saturated rings. The number of urea groups is 1. The first kappa shape index (κ1) is 23.6. The standard InChI is InChI=1S/C22H26F3N5O3S/c23-22(24,25)15-3-1-4-16(11-15)29-20(31)18-13-28-12-17(30(18,14-28)21(29)32)19(34)26-5-2-6-27-7-9-33-10-8-27/h1,3-4,11,17-18H,2,5-10,12-14H2/p+1. The maximum atomic E-state index is 13.7. The number of anilines is 1. The van der Waals surface area contributed by atoms with Crippen LogP contribution >= 0.6 is 12.2 Å². The quantitative estimate of drug-likeness (QED) is 0.277. The summed E-state index contributed by atoms with van der Waals surface area (Å²) in [4.78, 5) is 32.7. The summed E-state index contributed by atoms with van der Waals surface area (Å²) in [5.74, 6) is -0.466. The number of rotatable bonds is 6. The fraction of sp³-hybridized carbons (Fsp3) is 0.591. The van der Waals surface area contributed by atoms with Gasteiger partial charge in [0, 0.05) is 19.6 Å². The maximum Gasteiger partial charge on any atom is 0.433 e. The van der Waals surface area contributed by atoms with Gasteiger partial charge < -0.3 is 10.1 Å². The van der Waals surface area contributed by atoms with E-state index in [4.69, 9.17) is 17.0 Å². The van der Waals surface area contributed by atoms with Crippen LogP contribution in [0.25, 0.3) is 0 Å².